The van der Waals surface area contributed by atoms with E-state index in [-0.39, 0.29) is 6.42 Å². The number of hydrogen-bond donors (Lipinski definition) is 0. The summed E-state index contributed by atoms with van der Waals surface area (Å²) in [6.07, 6.45) is -0.227. The van der Waals surface area contributed by atoms with E-state index in [1.165, 1.54) is 6.92 Å². The Morgan fingerprint density at radius 2 is 0.870 bits per heavy atom. The maximum absolute atomic E-state index is 14.0. The van der Waals surface area contributed by atoms with E-state index in [2.05, 4.69) is 0 Å². The topological polar surface area (TPSA) is 0 Å². The first-order chi connectivity index (χ1) is 10.6. The van der Waals surface area contributed by atoms with Crippen LogP contribution in [0.2, 0.25) is 0 Å². The standard InChI is InChI=1S/C15H8F8/c1-3-5-4(2)8(16)12(20)9(17)6(5)7-10(18)13(21)15(23)14(22)11(7)19/h3H2,1-2H3. The molecule has 0 saturated carbocycles. The van der Waals surface area contributed by atoms with E-state index in [0.717, 1.165) is 6.92 Å². The van der Waals surface area contributed by atoms with Crippen LogP contribution in [0.25, 0.3) is 11.1 Å². The molecular weight excluding hydrogens is 332 g/mol. The van der Waals surface area contributed by atoms with Crippen molar-refractivity contribution < 1.29 is 35.1 Å². The maximum atomic E-state index is 14.0. The fourth-order valence-electron chi connectivity index (χ4n) is 2.35. The maximum Gasteiger partial charge on any atom is 0.200 e. The van der Waals surface area contributed by atoms with Crippen molar-refractivity contribution in [2.75, 3.05) is 0 Å². The molecule has 0 aliphatic heterocycles. The predicted molar refractivity (Wildman–Crippen MR) is 65.7 cm³/mol. The average molecular weight is 340 g/mol. The van der Waals surface area contributed by atoms with Crippen LogP contribution < -0.4 is 0 Å². The lowest BCUT2D eigenvalue weighted by atomic mass is 9.92. The van der Waals surface area contributed by atoms with E-state index < -0.39 is 68.8 Å². The molecule has 0 atom stereocenters. The molecule has 0 aromatic heterocycles. The minimum atomic E-state index is -2.43. The lowest BCUT2D eigenvalue weighted by Crippen LogP contribution is -2.10. The summed E-state index contributed by atoms with van der Waals surface area (Å²) in [5.41, 5.74) is -3.69. The zero-order chi connectivity index (χ0) is 17.6. The highest BCUT2D eigenvalue weighted by Gasteiger charge is 2.32. The molecule has 0 aliphatic rings. The van der Waals surface area contributed by atoms with E-state index in [9.17, 15) is 35.1 Å². The third-order valence-electron chi connectivity index (χ3n) is 3.50. The lowest BCUT2D eigenvalue weighted by molar-refractivity contribution is 0.380. The van der Waals surface area contributed by atoms with Gasteiger partial charge in [-0.05, 0) is 24.5 Å². The molecule has 0 unspecified atom stereocenters. The SMILES string of the molecule is CCc1c(C)c(F)c(F)c(F)c1-c1c(F)c(F)c(F)c(F)c1F. The summed E-state index contributed by atoms with van der Waals surface area (Å²) in [6, 6.07) is 0. The molecule has 0 saturated heterocycles. The number of benzene rings is 2. The van der Waals surface area contributed by atoms with Crippen LogP contribution in [0.4, 0.5) is 35.1 Å². The quantitative estimate of drug-likeness (QED) is 0.393. The second-order valence-corrected chi connectivity index (χ2v) is 4.72. The highest BCUT2D eigenvalue weighted by molar-refractivity contribution is 5.71. The van der Waals surface area contributed by atoms with Crippen LogP contribution in [0.15, 0.2) is 0 Å². The largest absolute Gasteiger partial charge is 0.203 e. The van der Waals surface area contributed by atoms with Gasteiger partial charge in [-0.15, -0.1) is 0 Å². The van der Waals surface area contributed by atoms with E-state index in [0.29, 0.717) is 0 Å². The van der Waals surface area contributed by atoms with Crippen LogP contribution in [0.3, 0.4) is 0 Å². The minimum Gasteiger partial charge on any atom is -0.203 e. The van der Waals surface area contributed by atoms with Crippen molar-refractivity contribution in [3.8, 4) is 11.1 Å². The van der Waals surface area contributed by atoms with E-state index >= 15 is 0 Å². The Bertz CT molecular complexity index is 781. The summed E-state index contributed by atoms with van der Waals surface area (Å²) in [7, 11) is 0. The Kier molecular flexibility index (Phi) is 4.37. The van der Waals surface area contributed by atoms with Gasteiger partial charge in [-0.1, -0.05) is 6.92 Å². The summed E-state index contributed by atoms with van der Waals surface area (Å²) in [4.78, 5) is 0. The molecule has 124 valence electrons. The predicted octanol–water partition coefficient (Wildman–Crippen LogP) is 5.34. The molecule has 0 bridgehead atoms. The summed E-state index contributed by atoms with van der Waals surface area (Å²) in [6.45, 7) is 2.33. The third kappa shape index (κ3) is 2.36. The Balaban J connectivity index is 3.06. The van der Waals surface area contributed by atoms with Gasteiger partial charge in [0.25, 0.3) is 0 Å². The van der Waals surface area contributed by atoms with Crippen molar-refractivity contribution in [3.05, 3.63) is 57.7 Å². The normalized spacial score (nSPS) is 11.2. The molecule has 2 rings (SSSR count). The van der Waals surface area contributed by atoms with Crippen LogP contribution >= 0.6 is 0 Å². The van der Waals surface area contributed by atoms with Gasteiger partial charge < -0.3 is 0 Å². The van der Waals surface area contributed by atoms with Gasteiger partial charge in [0.2, 0.25) is 5.82 Å². The molecule has 0 nitrogen and oxygen atoms in total. The zero-order valence-corrected chi connectivity index (χ0v) is 11.7. The minimum absolute atomic E-state index is 0.227. The van der Waals surface area contributed by atoms with E-state index in [4.69, 9.17) is 0 Å². The molecule has 0 spiro atoms. The van der Waals surface area contributed by atoms with Gasteiger partial charge in [-0.3, -0.25) is 0 Å². The smallest absolute Gasteiger partial charge is 0.200 e. The van der Waals surface area contributed by atoms with Crippen molar-refractivity contribution in [1.82, 2.24) is 0 Å². The van der Waals surface area contributed by atoms with Crippen LogP contribution in [0.1, 0.15) is 18.1 Å². The molecule has 0 radical (unpaired) electrons. The molecule has 8 heteroatoms. The summed E-state index contributed by atoms with van der Waals surface area (Å²) < 4.78 is 108. The Hall–Kier alpha value is -2.12. The summed E-state index contributed by atoms with van der Waals surface area (Å²) in [5.74, 6) is -17.3. The van der Waals surface area contributed by atoms with Gasteiger partial charge in [0.1, 0.15) is 0 Å². The van der Waals surface area contributed by atoms with Gasteiger partial charge in [0.05, 0.1) is 5.56 Å². The van der Waals surface area contributed by atoms with Crippen LogP contribution in [0, 0.1) is 53.5 Å². The molecule has 0 heterocycles. The van der Waals surface area contributed by atoms with Crippen molar-refractivity contribution in [2.45, 2.75) is 20.3 Å². The Morgan fingerprint density at radius 1 is 0.522 bits per heavy atom. The molecule has 0 amide bonds. The summed E-state index contributed by atoms with van der Waals surface area (Å²) in [5, 5.41) is 0. The van der Waals surface area contributed by atoms with Crippen molar-refractivity contribution in [2.24, 2.45) is 0 Å². The average Bonchev–Trinajstić information content (AvgIpc) is 2.54. The van der Waals surface area contributed by atoms with E-state index in [1.54, 1.807) is 0 Å². The van der Waals surface area contributed by atoms with Crippen molar-refractivity contribution >= 4 is 0 Å². The van der Waals surface area contributed by atoms with Crippen LogP contribution in [-0.4, -0.2) is 0 Å². The highest BCUT2D eigenvalue weighted by atomic mass is 19.2. The molecule has 0 N–H and O–H groups in total. The van der Waals surface area contributed by atoms with Crippen molar-refractivity contribution in [3.63, 3.8) is 0 Å². The number of rotatable bonds is 2. The Morgan fingerprint density at radius 3 is 1.30 bits per heavy atom. The van der Waals surface area contributed by atoms with Crippen molar-refractivity contribution in [1.29, 1.82) is 0 Å². The third-order valence-corrected chi connectivity index (χ3v) is 3.50. The van der Waals surface area contributed by atoms with Crippen LogP contribution in [-0.2, 0) is 6.42 Å². The fourth-order valence-corrected chi connectivity index (χ4v) is 2.35. The van der Waals surface area contributed by atoms with E-state index in [1.807, 2.05) is 0 Å². The Labute approximate surface area is 125 Å². The molecular formula is C15H8F8. The van der Waals surface area contributed by atoms with Gasteiger partial charge in [0, 0.05) is 5.56 Å². The van der Waals surface area contributed by atoms with Crippen LogP contribution in [0.5, 0.6) is 0 Å². The van der Waals surface area contributed by atoms with Gasteiger partial charge >= 0.3 is 0 Å². The first-order valence-electron chi connectivity index (χ1n) is 6.32. The van der Waals surface area contributed by atoms with Gasteiger partial charge in [0.15, 0.2) is 40.7 Å². The molecule has 2 aromatic rings. The van der Waals surface area contributed by atoms with Gasteiger partial charge in [-0.2, -0.15) is 0 Å². The zero-order valence-electron chi connectivity index (χ0n) is 11.7. The number of hydrogen-bond acceptors (Lipinski definition) is 0. The molecule has 23 heavy (non-hydrogen) atoms. The monoisotopic (exact) mass is 340 g/mol. The van der Waals surface area contributed by atoms with Gasteiger partial charge in [-0.25, -0.2) is 35.1 Å². The molecule has 2 aromatic carbocycles. The fraction of sp³-hybridized carbons (Fsp3) is 0.200. The molecule has 0 fully saturated rings. The highest BCUT2D eigenvalue weighted by Crippen LogP contribution is 2.38. The first-order valence-corrected chi connectivity index (χ1v) is 6.32. The molecule has 0 aliphatic carbocycles. The lowest BCUT2D eigenvalue weighted by Gasteiger charge is -2.16. The summed E-state index contributed by atoms with van der Waals surface area (Å²) >= 11 is 0. The second kappa shape index (κ2) is 5.82. The first kappa shape index (κ1) is 17.2. The number of halogens is 8. The second-order valence-electron chi connectivity index (χ2n) is 4.72.